The van der Waals surface area contributed by atoms with E-state index in [1.807, 2.05) is 0 Å². The van der Waals surface area contributed by atoms with Crippen molar-refractivity contribution in [2.45, 2.75) is 6.54 Å². The number of fused-ring (bicyclic) bond motifs is 1. The van der Waals surface area contributed by atoms with Crippen LogP contribution >= 0.6 is 0 Å². The zero-order valence-electron chi connectivity index (χ0n) is 8.13. The Labute approximate surface area is 86.0 Å². The van der Waals surface area contributed by atoms with Crippen LogP contribution in [-0.2, 0) is 6.54 Å². The fraction of sp³-hybridized carbons (Fsp3) is 0.250. The Kier molecular flexibility index (Phi) is 2.22. The highest BCUT2D eigenvalue weighted by Gasteiger charge is 2.24. The van der Waals surface area contributed by atoms with Gasteiger partial charge in [-0.15, -0.1) is 0 Å². The van der Waals surface area contributed by atoms with E-state index in [4.69, 9.17) is 0 Å². The Morgan fingerprint density at radius 1 is 1.67 bits per heavy atom. The molecule has 2 rings (SSSR count). The summed E-state index contributed by atoms with van der Waals surface area (Å²) in [5.41, 5.74) is 0.395. The monoisotopic (exact) mass is 209 g/mol. The van der Waals surface area contributed by atoms with E-state index >= 15 is 0 Å². The van der Waals surface area contributed by atoms with Gasteiger partial charge in [-0.1, -0.05) is 0 Å². The van der Waals surface area contributed by atoms with Gasteiger partial charge in [0, 0.05) is 19.2 Å². The van der Waals surface area contributed by atoms with Crippen molar-refractivity contribution in [2.24, 2.45) is 0 Å². The fourth-order valence-electron chi connectivity index (χ4n) is 1.63. The van der Waals surface area contributed by atoms with Gasteiger partial charge in [0.25, 0.3) is 5.91 Å². The molecule has 0 aromatic carbocycles. The SMILES string of the molecule is BC(=O)Nc1cc(F)n2c1C(=O)NCC2. The lowest BCUT2D eigenvalue weighted by Gasteiger charge is -2.17. The van der Waals surface area contributed by atoms with Crippen LogP contribution in [0.15, 0.2) is 6.07 Å². The van der Waals surface area contributed by atoms with E-state index in [0.717, 1.165) is 6.07 Å². The molecule has 0 saturated carbocycles. The van der Waals surface area contributed by atoms with Crippen LogP contribution in [0.3, 0.4) is 0 Å². The molecule has 0 saturated heterocycles. The lowest BCUT2D eigenvalue weighted by Crippen LogP contribution is -2.36. The van der Waals surface area contributed by atoms with E-state index < -0.39 is 5.95 Å². The van der Waals surface area contributed by atoms with Gasteiger partial charge < -0.3 is 15.2 Å². The van der Waals surface area contributed by atoms with Crippen molar-refractivity contribution >= 4 is 25.2 Å². The molecule has 0 bridgehead atoms. The second-order valence-corrected chi connectivity index (χ2v) is 3.32. The third kappa shape index (κ3) is 1.60. The number of rotatable bonds is 1. The summed E-state index contributed by atoms with van der Waals surface area (Å²) >= 11 is 0. The van der Waals surface area contributed by atoms with Gasteiger partial charge in [0.2, 0.25) is 7.85 Å². The molecule has 0 fully saturated rings. The molecule has 7 heteroatoms. The number of nitrogens with zero attached hydrogens (tertiary/aromatic N) is 1. The van der Waals surface area contributed by atoms with Gasteiger partial charge in [-0.2, -0.15) is 4.39 Å². The minimum absolute atomic E-state index is 0.175. The number of hydrogen-bond donors (Lipinski definition) is 2. The highest BCUT2D eigenvalue weighted by Crippen LogP contribution is 2.22. The van der Waals surface area contributed by atoms with Gasteiger partial charge in [-0.3, -0.25) is 9.59 Å². The normalized spacial score (nSPS) is 14.3. The van der Waals surface area contributed by atoms with Crippen molar-refractivity contribution in [3.05, 3.63) is 17.7 Å². The summed E-state index contributed by atoms with van der Waals surface area (Å²) in [6, 6.07) is 1.15. The van der Waals surface area contributed by atoms with Crippen molar-refractivity contribution in [3.63, 3.8) is 0 Å². The molecule has 0 radical (unpaired) electrons. The van der Waals surface area contributed by atoms with E-state index in [1.165, 1.54) is 12.4 Å². The zero-order valence-corrected chi connectivity index (χ0v) is 8.13. The summed E-state index contributed by atoms with van der Waals surface area (Å²) in [6.45, 7) is 0.781. The number of carbonyl (C=O) groups excluding carboxylic acids is 2. The van der Waals surface area contributed by atoms with Crippen LogP contribution < -0.4 is 10.6 Å². The number of halogens is 1. The van der Waals surface area contributed by atoms with Gasteiger partial charge in [0.1, 0.15) is 5.69 Å². The molecular weight excluding hydrogens is 200 g/mol. The average Bonchev–Trinajstić information content (AvgIpc) is 2.44. The summed E-state index contributed by atoms with van der Waals surface area (Å²) in [5.74, 6) is -1.21. The van der Waals surface area contributed by atoms with Crippen LogP contribution in [0.1, 0.15) is 10.5 Å². The number of hydrogen-bond acceptors (Lipinski definition) is 2. The number of amides is 2. The molecule has 2 amide bonds. The van der Waals surface area contributed by atoms with Crippen molar-refractivity contribution in [1.29, 1.82) is 0 Å². The zero-order chi connectivity index (χ0) is 11.0. The highest BCUT2D eigenvalue weighted by atomic mass is 19.1. The minimum Gasteiger partial charge on any atom is -0.349 e. The van der Waals surface area contributed by atoms with E-state index in [0.29, 0.717) is 13.1 Å². The molecule has 0 aliphatic carbocycles. The molecule has 15 heavy (non-hydrogen) atoms. The van der Waals surface area contributed by atoms with Crippen LogP contribution in [0.25, 0.3) is 0 Å². The molecule has 1 aromatic heterocycles. The first-order valence-corrected chi connectivity index (χ1v) is 4.54. The Hall–Kier alpha value is -1.79. The van der Waals surface area contributed by atoms with E-state index in [-0.39, 0.29) is 23.1 Å². The molecule has 0 unspecified atom stereocenters. The number of carbonyl (C=O) groups is 2. The first-order valence-electron chi connectivity index (χ1n) is 4.54. The number of anilines is 1. The number of aromatic nitrogens is 1. The third-order valence-electron chi connectivity index (χ3n) is 2.19. The molecule has 1 aliphatic heterocycles. The molecular formula is C8H9BFN3O2. The quantitative estimate of drug-likeness (QED) is 0.614. The summed E-state index contributed by atoms with van der Waals surface area (Å²) in [6.07, 6.45) is 0. The minimum atomic E-state index is -0.511. The van der Waals surface area contributed by atoms with Crippen molar-refractivity contribution < 1.29 is 14.0 Å². The molecule has 2 N–H and O–H groups in total. The average molecular weight is 209 g/mol. The second kappa shape index (κ2) is 3.41. The standard InChI is InChI=1S/C8H9BFN3O2/c9-8(15)12-4-3-5(10)13-2-1-11-7(14)6(4)13/h3H,1-2,9H2,(H,11,14)(H,12,15). The van der Waals surface area contributed by atoms with Gasteiger partial charge in [-0.25, -0.2) is 0 Å². The fourth-order valence-corrected chi connectivity index (χ4v) is 1.63. The van der Waals surface area contributed by atoms with Crippen LogP contribution in [0.5, 0.6) is 0 Å². The summed E-state index contributed by atoms with van der Waals surface area (Å²) in [4.78, 5) is 22.3. The van der Waals surface area contributed by atoms with Crippen LogP contribution in [0.4, 0.5) is 14.9 Å². The lowest BCUT2D eigenvalue weighted by molar-refractivity contribution is 0.0925. The molecule has 1 aliphatic rings. The molecule has 1 aromatic rings. The highest BCUT2D eigenvalue weighted by molar-refractivity contribution is 6.60. The van der Waals surface area contributed by atoms with Crippen molar-refractivity contribution in [2.75, 3.05) is 11.9 Å². The second-order valence-electron chi connectivity index (χ2n) is 3.32. The van der Waals surface area contributed by atoms with Gasteiger partial charge in [0.05, 0.1) is 5.69 Å². The largest absolute Gasteiger partial charge is 0.349 e. The Morgan fingerprint density at radius 3 is 3.07 bits per heavy atom. The van der Waals surface area contributed by atoms with E-state index in [1.54, 1.807) is 0 Å². The Morgan fingerprint density at radius 2 is 2.40 bits per heavy atom. The maximum absolute atomic E-state index is 13.3. The van der Waals surface area contributed by atoms with Crippen LogP contribution in [-0.4, -0.2) is 30.7 Å². The van der Waals surface area contributed by atoms with Crippen LogP contribution in [0.2, 0.25) is 0 Å². The third-order valence-corrected chi connectivity index (χ3v) is 2.19. The van der Waals surface area contributed by atoms with Crippen molar-refractivity contribution in [3.8, 4) is 0 Å². The molecule has 0 atom stereocenters. The summed E-state index contributed by atoms with van der Waals surface area (Å²) in [5, 5.41) is 5.01. The topological polar surface area (TPSA) is 63.1 Å². The Balaban J connectivity index is 2.48. The lowest BCUT2D eigenvalue weighted by atomic mass is 10.1. The van der Waals surface area contributed by atoms with Crippen molar-refractivity contribution in [1.82, 2.24) is 9.88 Å². The molecule has 0 spiro atoms. The maximum atomic E-state index is 13.3. The summed E-state index contributed by atoms with van der Waals surface area (Å²) < 4.78 is 14.6. The first-order chi connectivity index (χ1) is 7.09. The van der Waals surface area contributed by atoms with E-state index in [9.17, 15) is 14.0 Å². The summed E-state index contributed by atoms with van der Waals surface area (Å²) in [7, 11) is 1.31. The molecule has 2 heterocycles. The van der Waals surface area contributed by atoms with Gasteiger partial charge in [0.15, 0.2) is 11.8 Å². The number of nitrogens with one attached hydrogen (secondary N) is 2. The molecule has 78 valence electrons. The van der Waals surface area contributed by atoms with E-state index in [2.05, 4.69) is 10.6 Å². The molecule has 5 nitrogen and oxygen atoms in total. The Bertz CT molecular complexity index is 443. The van der Waals surface area contributed by atoms with Crippen LogP contribution in [0, 0.1) is 5.95 Å². The predicted molar refractivity (Wildman–Crippen MR) is 54.3 cm³/mol. The van der Waals surface area contributed by atoms with Gasteiger partial charge in [-0.05, 0) is 0 Å². The predicted octanol–water partition coefficient (Wildman–Crippen LogP) is -0.464. The maximum Gasteiger partial charge on any atom is 0.270 e. The smallest absolute Gasteiger partial charge is 0.270 e. The first kappa shape index (κ1) is 9.76. The van der Waals surface area contributed by atoms with Gasteiger partial charge >= 0.3 is 0 Å².